The molecular formula is C21H27N3O4S. The van der Waals surface area contributed by atoms with Crippen molar-refractivity contribution in [1.29, 1.82) is 0 Å². The summed E-state index contributed by atoms with van der Waals surface area (Å²) in [6.07, 6.45) is 0. The van der Waals surface area contributed by atoms with Crippen LogP contribution >= 0.6 is 12.2 Å². The second-order valence-corrected chi connectivity index (χ2v) is 6.89. The summed E-state index contributed by atoms with van der Waals surface area (Å²) >= 11 is 5.64. The third-order valence-corrected chi connectivity index (χ3v) is 5.30. The molecular weight excluding hydrogens is 390 g/mol. The number of hydrogen-bond donors (Lipinski definition) is 1. The second kappa shape index (κ2) is 9.56. The van der Waals surface area contributed by atoms with E-state index in [9.17, 15) is 0 Å². The largest absolute Gasteiger partial charge is 0.497 e. The summed E-state index contributed by atoms with van der Waals surface area (Å²) < 4.78 is 21.6. The van der Waals surface area contributed by atoms with Crippen molar-refractivity contribution in [3.8, 4) is 23.0 Å². The number of anilines is 2. The van der Waals surface area contributed by atoms with E-state index in [0.717, 1.165) is 60.6 Å². The van der Waals surface area contributed by atoms with E-state index in [1.54, 1.807) is 28.4 Å². The highest BCUT2D eigenvalue weighted by molar-refractivity contribution is 7.80. The van der Waals surface area contributed by atoms with Gasteiger partial charge in [-0.15, -0.1) is 0 Å². The zero-order valence-corrected chi connectivity index (χ0v) is 18.0. The third kappa shape index (κ3) is 4.76. The van der Waals surface area contributed by atoms with E-state index in [0.29, 0.717) is 5.11 Å². The van der Waals surface area contributed by atoms with Crippen LogP contribution in [0.2, 0.25) is 0 Å². The van der Waals surface area contributed by atoms with E-state index in [4.69, 9.17) is 31.2 Å². The van der Waals surface area contributed by atoms with Crippen molar-refractivity contribution >= 4 is 28.7 Å². The highest BCUT2D eigenvalue weighted by Crippen LogP contribution is 2.33. The quantitative estimate of drug-likeness (QED) is 0.719. The minimum Gasteiger partial charge on any atom is -0.497 e. The van der Waals surface area contributed by atoms with E-state index in [1.807, 2.05) is 36.4 Å². The van der Waals surface area contributed by atoms with Gasteiger partial charge in [0.25, 0.3) is 0 Å². The molecule has 1 N–H and O–H groups in total. The number of ether oxygens (including phenoxy) is 4. The fourth-order valence-electron chi connectivity index (χ4n) is 3.30. The molecule has 156 valence electrons. The number of benzene rings is 2. The maximum absolute atomic E-state index is 5.64. The Morgan fingerprint density at radius 3 is 2.03 bits per heavy atom. The van der Waals surface area contributed by atoms with Crippen molar-refractivity contribution in [2.24, 2.45) is 0 Å². The van der Waals surface area contributed by atoms with Gasteiger partial charge in [-0.25, -0.2) is 0 Å². The first-order chi connectivity index (χ1) is 14.1. The van der Waals surface area contributed by atoms with Gasteiger partial charge in [-0.1, -0.05) is 0 Å². The minimum absolute atomic E-state index is 0.665. The van der Waals surface area contributed by atoms with Gasteiger partial charge in [0.05, 0.1) is 39.8 Å². The lowest BCUT2D eigenvalue weighted by molar-refractivity contribution is 0.377. The number of rotatable bonds is 6. The van der Waals surface area contributed by atoms with E-state index in [-0.39, 0.29) is 0 Å². The topological polar surface area (TPSA) is 55.4 Å². The van der Waals surface area contributed by atoms with Crippen molar-refractivity contribution in [2.75, 3.05) is 64.8 Å². The molecule has 1 aliphatic heterocycles. The maximum Gasteiger partial charge on any atom is 0.173 e. The van der Waals surface area contributed by atoms with Crippen LogP contribution in [0.3, 0.4) is 0 Å². The van der Waals surface area contributed by atoms with Crippen molar-refractivity contribution < 1.29 is 18.9 Å². The molecule has 8 heteroatoms. The van der Waals surface area contributed by atoms with Gasteiger partial charge in [0, 0.05) is 38.3 Å². The Bertz CT molecular complexity index is 854. The van der Waals surface area contributed by atoms with Crippen LogP contribution in [0.5, 0.6) is 23.0 Å². The summed E-state index contributed by atoms with van der Waals surface area (Å²) in [6, 6.07) is 11.5. The van der Waals surface area contributed by atoms with E-state index in [2.05, 4.69) is 15.1 Å². The molecule has 2 aromatic carbocycles. The molecule has 2 aromatic rings. The minimum atomic E-state index is 0.665. The average molecular weight is 418 g/mol. The Morgan fingerprint density at radius 2 is 1.41 bits per heavy atom. The lowest BCUT2D eigenvalue weighted by Gasteiger charge is -2.38. The Morgan fingerprint density at radius 1 is 0.793 bits per heavy atom. The first kappa shape index (κ1) is 20.9. The number of hydrogen-bond acceptors (Lipinski definition) is 6. The molecule has 1 fully saturated rings. The van der Waals surface area contributed by atoms with Crippen LogP contribution in [0, 0.1) is 0 Å². The van der Waals surface area contributed by atoms with Crippen LogP contribution in [0.25, 0.3) is 0 Å². The van der Waals surface area contributed by atoms with Crippen molar-refractivity contribution in [3.63, 3.8) is 0 Å². The van der Waals surface area contributed by atoms with Crippen LogP contribution in [-0.2, 0) is 0 Å². The fraction of sp³-hybridized carbons (Fsp3) is 0.381. The van der Waals surface area contributed by atoms with E-state index < -0.39 is 0 Å². The number of nitrogens with zero attached hydrogens (tertiary/aromatic N) is 2. The molecule has 0 bridgehead atoms. The maximum atomic E-state index is 5.64. The zero-order valence-electron chi connectivity index (χ0n) is 17.2. The Labute approximate surface area is 177 Å². The fourth-order valence-corrected chi connectivity index (χ4v) is 3.60. The molecule has 0 radical (unpaired) electrons. The summed E-state index contributed by atoms with van der Waals surface area (Å²) in [5.41, 5.74) is 1.84. The van der Waals surface area contributed by atoms with Crippen LogP contribution < -0.4 is 29.2 Å². The zero-order chi connectivity index (χ0) is 20.8. The molecule has 29 heavy (non-hydrogen) atoms. The molecule has 0 unspecified atom stereocenters. The summed E-state index contributed by atoms with van der Waals surface area (Å²) in [4.78, 5) is 4.45. The number of nitrogens with one attached hydrogen (secondary N) is 1. The SMILES string of the molecule is COc1ccc(OC)c(NC(=S)N2CCN(c3ccc(OC)cc3OC)CC2)c1. The van der Waals surface area contributed by atoms with Crippen LogP contribution in [0.1, 0.15) is 0 Å². The molecule has 0 spiro atoms. The van der Waals surface area contributed by atoms with Gasteiger partial charge in [-0.2, -0.15) is 0 Å². The summed E-state index contributed by atoms with van der Waals surface area (Å²) in [7, 11) is 6.60. The van der Waals surface area contributed by atoms with E-state index in [1.165, 1.54) is 0 Å². The lowest BCUT2D eigenvalue weighted by Crippen LogP contribution is -2.50. The smallest absolute Gasteiger partial charge is 0.173 e. The summed E-state index contributed by atoms with van der Waals surface area (Å²) in [5, 5.41) is 3.96. The molecule has 0 aromatic heterocycles. The molecule has 1 aliphatic rings. The summed E-state index contributed by atoms with van der Waals surface area (Å²) in [6.45, 7) is 3.26. The Hall–Kier alpha value is -2.87. The molecule has 0 amide bonds. The predicted molar refractivity (Wildman–Crippen MR) is 119 cm³/mol. The first-order valence-electron chi connectivity index (χ1n) is 9.34. The van der Waals surface area contributed by atoms with Crippen LogP contribution in [-0.4, -0.2) is 64.6 Å². The van der Waals surface area contributed by atoms with Gasteiger partial charge < -0.3 is 34.1 Å². The Kier molecular flexibility index (Phi) is 6.87. The van der Waals surface area contributed by atoms with Crippen LogP contribution in [0.4, 0.5) is 11.4 Å². The van der Waals surface area contributed by atoms with Gasteiger partial charge in [0.15, 0.2) is 5.11 Å². The number of piperazine rings is 1. The van der Waals surface area contributed by atoms with Gasteiger partial charge in [-0.05, 0) is 36.5 Å². The monoisotopic (exact) mass is 417 g/mol. The van der Waals surface area contributed by atoms with Crippen molar-refractivity contribution in [2.45, 2.75) is 0 Å². The number of thiocarbonyl (C=S) groups is 1. The van der Waals surface area contributed by atoms with Gasteiger partial charge in [0.2, 0.25) is 0 Å². The predicted octanol–water partition coefficient (Wildman–Crippen LogP) is 3.24. The Balaban J connectivity index is 1.65. The van der Waals surface area contributed by atoms with Crippen molar-refractivity contribution in [1.82, 2.24) is 4.90 Å². The summed E-state index contributed by atoms with van der Waals surface area (Å²) in [5.74, 6) is 3.05. The van der Waals surface area contributed by atoms with E-state index >= 15 is 0 Å². The lowest BCUT2D eigenvalue weighted by atomic mass is 10.2. The molecule has 0 aliphatic carbocycles. The molecule has 3 rings (SSSR count). The molecule has 1 heterocycles. The first-order valence-corrected chi connectivity index (χ1v) is 9.75. The molecule has 1 saturated heterocycles. The van der Waals surface area contributed by atoms with Gasteiger partial charge >= 0.3 is 0 Å². The standard InChI is InChI=1S/C21H27N3O4S/c1-25-15-6-8-19(27-3)17(13-15)22-21(29)24-11-9-23(10-12-24)18-7-5-16(26-2)14-20(18)28-4/h5-8,13-14H,9-12H2,1-4H3,(H,22,29). The van der Waals surface area contributed by atoms with Crippen LogP contribution in [0.15, 0.2) is 36.4 Å². The molecule has 0 atom stereocenters. The highest BCUT2D eigenvalue weighted by atomic mass is 32.1. The number of methoxy groups -OCH3 is 4. The highest BCUT2D eigenvalue weighted by Gasteiger charge is 2.22. The normalized spacial score (nSPS) is 13.7. The second-order valence-electron chi connectivity index (χ2n) is 6.51. The van der Waals surface area contributed by atoms with Gasteiger partial charge in [0.1, 0.15) is 23.0 Å². The third-order valence-electron chi connectivity index (χ3n) is 4.94. The van der Waals surface area contributed by atoms with Gasteiger partial charge in [-0.3, -0.25) is 0 Å². The molecule has 7 nitrogen and oxygen atoms in total. The molecule has 0 saturated carbocycles. The average Bonchev–Trinajstić information content (AvgIpc) is 2.78. The van der Waals surface area contributed by atoms with Crippen molar-refractivity contribution in [3.05, 3.63) is 36.4 Å².